The summed E-state index contributed by atoms with van der Waals surface area (Å²) in [4.78, 5) is 123. The molecule has 2 fully saturated rings. The molecule has 73 heavy (non-hydrogen) atoms. The SMILES string of the molecule is CC(C)C[C@H](CC(=O)[C@H](Cc1ccccc1)NC(=O)c1cnccn1)B1OC(=O)C[C@@H](C(=O)OCCCOC(=O)[C@@H]2CC(=O)OB([C@@H](CC(=O)[C@H](Cc3ccccc3)NC(=O)c3cnccn3)CC(C)C)O2)O1. The number of hydrogen-bond acceptors (Lipinski definition) is 18. The third-order valence-electron chi connectivity index (χ3n) is 11.9. The van der Waals surface area contributed by atoms with Gasteiger partial charge in [-0.1, -0.05) is 88.4 Å². The molecule has 0 aliphatic carbocycles. The monoisotopic (exact) mass is 1000 g/mol. The normalized spacial score (nSPS) is 17.3. The Hall–Kier alpha value is -7.19. The van der Waals surface area contributed by atoms with Crippen molar-refractivity contribution in [2.75, 3.05) is 13.2 Å². The number of ketones is 2. The van der Waals surface area contributed by atoms with Gasteiger partial charge < -0.3 is 38.7 Å². The summed E-state index contributed by atoms with van der Waals surface area (Å²) in [6.45, 7) is 7.22. The van der Waals surface area contributed by atoms with E-state index in [-0.39, 0.29) is 80.1 Å². The Labute approximate surface area is 424 Å². The van der Waals surface area contributed by atoms with E-state index in [9.17, 15) is 38.4 Å². The van der Waals surface area contributed by atoms with E-state index in [1.165, 1.54) is 37.2 Å². The van der Waals surface area contributed by atoms with Crippen LogP contribution in [-0.2, 0) is 69.7 Å². The van der Waals surface area contributed by atoms with Gasteiger partial charge in [-0.05, 0) is 48.6 Å². The van der Waals surface area contributed by atoms with E-state index < -0.39 is 98.7 Å². The topological polar surface area (TPSA) is 268 Å². The van der Waals surface area contributed by atoms with Gasteiger partial charge in [0.1, 0.15) is 11.4 Å². The van der Waals surface area contributed by atoms with Crippen molar-refractivity contribution in [1.29, 1.82) is 0 Å². The lowest BCUT2D eigenvalue weighted by Gasteiger charge is -2.32. The average Bonchev–Trinajstić information content (AvgIpc) is 3.38. The van der Waals surface area contributed by atoms with Gasteiger partial charge in [0.2, 0.25) is 0 Å². The maximum atomic E-state index is 14.0. The zero-order chi connectivity index (χ0) is 52.3. The first-order valence-corrected chi connectivity index (χ1v) is 24.4. The van der Waals surface area contributed by atoms with Crippen LogP contribution >= 0.6 is 0 Å². The van der Waals surface area contributed by atoms with E-state index in [2.05, 4.69) is 30.6 Å². The van der Waals surface area contributed by atoms with Crippen LogP contribution in [0.2, 0.25) is 11.6 Å². The van der Waals surface area contributed by atoms with Crippen molar-refractivity contribution < 1.29 is 66.4 Å². The Morgan fingerprint density at radius 2 is 1.00 bits per heavy atom. The van der Waals surface area contributed by atoms with E-state index in [0.29, 0.717) is 12.8 Å². The van der Waals surface area contributed by atoms with Crippen LogP contribution < -0.4 is 10.6 Å². The van der Waals surface area contributed by atoms with Crippen molar-refractivity contribution in [3.63, 3.8) is 0 Å². The van der Waals surface area contributed by atoms with Crippen molar-refractivity contribution in [2.24, 2.45) is 11.8 Å². The molecule has 20 nitrogen and oxygen atoms in total. The van der Waals surface area contributed by atoms with Crippen LogP contribution in [-0.4, -0.2) is 119 Å². The standard InChI is InChI=1S/C51H60B2N6O14/c1-32(2)22-36(26-42(60)38(24-34-12-7-5-8-13-34)58-48(64)40-30-54-16-18-56-40)52-70-44(28-46(62)72-52)50(66)68-20-11-21-69-51(67)45-29-47(63)73-53(71-45)37(23-33(3)4)27-43(61)39(25-35-14-9-6-10-15-35)59-49(65)41-31-55-17-19-57-41/h5-10,12-19,30-33,36-39,44-45H,11,20-29H2,1-4H3,(H,58,64)(H,59,65)/t36-,37-,38+,39+,44+,45+/m1/s1. The van der Waals surface area contributed by atoms with Crippen molar-refractivity contribution in [1.82, 2.24) is 30.6 Å². The number of rotatable bonds is 26. The second kappa shape index (κ2) is 27.6. The first-order chi connectivity index (χ1) is 35.1. The largest absolute Gasteiger partial charge is 0.531 e. The fourth-order valence-electron chi connectivity index (χ4n) is 8.50. The van der Waals surface area contributed by atoms with E-state index in [1.807, 2.05) is 88.4 Å². The fourth-order valence-corrected chi connectivity index (χ4v) is 8.50. The smallest absolute Gasteiger partial charge is 0.509 e. The van der Waals surface area contributed by atoms with E-state index >= 15 is 0 Å². The quantitative estimate of drug-likeness (QED) is 0.0497. The summed E-state index contributed by atoms with van der Waals surface area (Å²) in [5.41, 5.74) is 1.65. The van der Waals surface area contributed by atoms with Crippen LogP contribution in [0.3, 0.4) is 0 Å². The molecule has 0 spiro atoms. The number of ether oxygens (including phenoxy) is 2. The second-order valence-electron chi connectivity index (χ2n) is 18.8. The fraction of sp³-hybridized carbons (Fsp3) is 0.451. The van der Waals surface area contributed by atoms with E-state index in [0.717, 1.165) is 11.1 Å². The van der Waals surface area contributed by atoms with Gasteiger partial charge >= 0.3 is 26.2 Å². The maximum Gasteiger partial charge on any atom is 0.531 e. The highest BCUT2D eigenvalue weighted by Crippen LogP contribution is 2.33. The van der Waals surface area contributed by atoms with Crippen LogP contribution in [0.25, 0.3) is 0 Å². The predicted molar refractivity (Wildman–Crippen MR) is 262 cm³/mol. The molecule has 22 heteroatoms. The van der Waals surface area contributed by atoms with Crippen molar-refractivity contribution in [3.8, 4) is 0 Å². The van der Waals surface area contributed by atoms with Crippen molar-refractivity contribution in [3.05, 3.63) is 120 Å². The third-order valence-corrected chi connectivity index (χ3v) is 11.9. The lowest BCUT2D eigenvalue weighted by molar-refractivity contribution is -0.164. The maximum absolute atomic E-state index is 14.0. The van der Waals surface area contributed by atoms with Crippen molar-refractivity contribution >= 4 is 61.5 Å². The molecule has 2 aromatic heterocycles. The summed E-state index contributed by atoms with van der Waals surface area (Å²) in [5, 5.41) is 5.56. The number of benzene rings is 2. The summed E-state index contributed by atoms with van der Waals surface area (Å²) in [7, 11) is -2.56. The second-order valence-corrected chi connectivity index (χ2v) is 18.8. The van der Waals surface area contributed by atoms with Gasteiger partial charge in [-0.15, -0.1) is 0 Å². The van der Waals surface area contributed by atoms with E-state index in [4.69, 9.17) is 28.1 Å². The van der Waals surface area contributed by atoms with Gasteiger partial charge in [-0.25, -0.2) is 19.6 Å². The van der Waals surface area contributed by atoms with Gasteiger partial charge in [-0.3, -0.25) is 38.7 Å². The Morgan fingerprint density at radius 1 is 0.603 bits per heavy atom. The minimum atomic E-state index is -1.36. The molecule has 384 valence electrons. The van der Waals surface area contributed by atoms with Crippen LogP contribution in [0, 0.1) is 11.8 Å². The lowest BCUT2D eigenvalue weighted by Crippen LogP contribution is -2.48. The summed E-state index contributed by atoms with van der Waals surface area (Å²) >= 11 is 0. The number of esters is 2. The van der Waals surface area contributed by atoms with Crippen LogP contribution in [0.5, 0.6) is 0 Å². The number of hydrogen-bond donors (Lipinski definition) is 2. The Balaban J connectivity index is 1.01. The zero-order valence-corrected chi connectivity index (χ0v) is 41.3. The molecule has 0 radical (unpaired) electrons. The molecule has 4 aromatic rings. The van der Waals surface area contributed by atoms with Gasteiger partial charge in [0, 0.05) is 55.7 Å². The first-order valence-electron chi connectivity index (χ1n) is 24.4. The highest BCUT2D eigenvalue weighted by molar-refractivity contribution is 6.50. The molecule has 6 rings (SSSR count). The molecule has 2 aromatic carbocycles. The number of carbonyl (C=O) groups is 8. The summed E-state index contributed by atoms with van der Waals surface area (Å²) < 4.78 is 34.0. The van der Waals surface area contributed by atoms with Gasteiger partial charge in [0.15, 0.2) is 23.8 Å². The van der Waals surface area contributed by atoms with Crippen LogP contribution in [0.15, 0.2) is 97.8 Å². The molecular weight excluding hydrogens is 942 g/mol. The highest BCUT2D eigenvalue weighted by Gasteiger charge is 2.47. The summed E-state index contributed by atoms with van der Waals surface area (Å²) in [6.07, 6.45) is 5.34. The Bertz CT molecular complexity index is 2320. The van der Waals surface area contributed by atoms with Gasteiger partial charge in [-0.2, -0.15) is 0 Å². The number of nitrogens with one attached hydrogen (secondary N) is 2. The minimum absolute atomic E-state index is 0.0124. The molecule has 0 bridgehead atoms. The third kappa shape index (κ3) is 17.5. The molecule has 2 amide bonds. The highest BCUT2D eigenvalue weighted by atomic mass is 16.7. The summed E-state index contributed by atoms with van der Waals surface area (Å²) in [5.74, 6) is -6.45. The minimum Gasteiger partial charge on any atom is -0.509 e. The van der Waals surface area contributed by atoms with Gasteiger partial charge in [0.25, 0.3) is 23.8 Å². The predicted octanol–water partition coefficient (Wildman–Crippen LogP) is 4.52. The lowest BCUT2D eigenvalue weighted by atomic mass is 9.64. The first kappa shape index (κ1) is 55.1. The zero-order valence-electron chi connectivity index (χ0n) is 41.3. The Kier molecular flexibility index (Phi) is 20.8. The average molecular weight is 1000 g/mol. The number of Topliss-reactive ketones (excluding diaryl/α,β-unsaturated/α-hetero) is 2. The molecule has 0 saturated carbocycles. The molecular formula is C51H60B2N6O14. The summed E-state index contributed by atoms with van der Waals surface area (Å²) in [6, 6.07) is 16.3. The molecule has 4 heterocycles. The van der Waals surface area contributed by atoms with Crippen LogP contribution in [0.1, 0.15) is 105 Å². The number of amides is 2. The van der Waals surface area contributed by atoms with E-state index in [1.54, 1.807) is 0 Å². The number of carbonyl (C=O) groups excluding carboxylic acids is 8. The van der Waals surface area contributed by atoms with Gasteiger partial charge in [0.05, 0.1) is 50.5 Å². The molecule has 2 N–H and O–H groups in total. The molecule has 6 atom stereocenters. The molecule has 2 saturated heterocycles. The molecule has 0 unspecified atom stereocenters. The number of nitrogens with zero attached hydrogens (tertiary/aromatic N) is 4. The Morgan fingerprint density at radius 3 is 1.36 bits per heavy atom. The van der Waals surface area contributed by atoms with Crippen molar-refractivity contribution in [2.45, 2.75) is 121 Å². The molecule has 2 aliphatic heterocycles. The number of aromatic nitrogens is 4. The van der Waals surface area contributed by atoms with Crippen LogP contribution in [0.4, 0.5) is 0 Å². The molecule has 2 aliphatic rings.